The lowest BCUT2D eigenvalue weighted by molar-refractivity contribution is -0.147. The minimum atomic E-state index is -3.52. The van der Waals surface area contributed by atoms with Gasteiger partial charge in [0.25, 0.3) is 0 Å². The summed E-state index contributed by atoms with van der Waals surface area (Å²) < 4.78 is 22.4. The van der Waals surface area contributed by atoms with Crippen LogP contribution in [0.3, 0.4) is 0 Å². The van der Waals surface area contributed by atoms with Gasteiger partial charge < -0.3 is 10.4 Å². The Hall–Kier alpha value is -1.11. The highest BCUT2D eigenvalue weighted by molar-refractivity contribution is 7.92. The molecule has 0 aliphatic carbocycles. The average Bonchev–Trinajstić information content (AvgIpc) is 2.15. The van der Waals surface area contributed by atoms with Crippen molar-refractivity contribution in [1.29, 1.82) is 0 Å². The van der Waals surface area contributed by atoms with E-state index in [0.29, 0.717) is 6.42 Å². The zero-order valence-corrected chi connectivity index (χ0v) is 11.3. The summed E-state index contributed by atoms with van der Waals surface area (Å²) in [4.78, 5) is 22.7. The molecule has 0 aromatic heterocycles. The molecule has 2 atom stereocenters. The molecule has 0 rings (SSSR count). The van der Waals surface area contributed by atoms with Crippen LogP contribution < -0.4 is 5.32 Å². The first-order valence-corrected chi connectivity index (χ1v) is 7.24. The molecule has 7 heteroatoms. The number of hydrogen-bond acceptors (Lipinski definition) is 4. The van der Waals surface area contributed by atoms with E-state index in [4.69, 9.17) is 5.11 Å². The normalized spacial score (nSPS) is 16.9. The molecule has 2 unspecified atom stereocenters. The van der Waals surface area contributed by atoms with E-state index in [-0.39, 0.29) is 6.42 Å². The van der Waals surface area contributed by atoms with Crippen molar-refractivity contribution in [3.05, 3.63) is 0 Å². The number of amides is 1. The lowest BCUT2D eigenvalue weighted by atomic mass is 9.96. The number of hydrogen-bond donors (Lipinski definition) is 2. The third-order valence-electron chi connectivity index (χ3n) is 2.63. The van der Waals surface area contributed by atoms with Gasteiger partial charge in [0, 0.05) is 6.26 Å². The molecule has 6 nitrogen and oxygen atoms in total. The van der Waals surface area contributed by atoms with Crippen molar-refractivity contribution < 1.29 is 23.1 Å². The van der Waals surface area contributed by atoms with E-state index >= 15 is 0 Å². The van der Waals surface area contributed by atoms with Gasteiger partial charge in [0.15, 0.2) is 9.84 Å². The van der Waals surface area contributed by atoms with Crippen LogP contribution in [-0.2, 0) is 19.4 Å². The van der Waals surface area contributed by atoms with Gasteiger partial charge in [0.1, 0.15) is 10.8 Å². The second-order valence-corrected chi connectivity index (χ2v) is 6.71. The molecule has 0 spiro atoms. The fraction of sp³-hybridized carbons (Fsp3) is 0.800. The van der Waals surface area contributed by atoms with Crippen LogP contribution in [-0.4, -0.2) is 42.4 Å². The lowest BCUT2D eigenvalue weighted by Gasteiger charge is -2.27. The number of nitrogens with one attached hydrogen (secondary N) is 1. The van der Waals surface area contributed by atoms with E-state index in [0.717, 1.165) is 6.26 Å². The van der Waals surface area contributed by atoms with E-state index in [1.165, 1.54) is 13.8 Å². The fourth-order valence-electron chi connectivity index (χ4n) is 1.29. The lowest BCUT2D eigenvalue weighted by Crippen LogP contribution is -2.55. The van der Waals surface area contributed by atoms with Crippen LogP contribution in [0.1, 0.15) is 33.6 Å². The van der Waals surface area contributed by atoms with Crippen molar-refractivity contribution >= 4 is 21.7 Å². The van der Waals surface area contributed by atoms with Crippen LogP contribution in [0.2, 0.25) is 0 Å². The molecule has 0 saturated heterocycles. The van der Waals surface area contributed by atoms with Gasteiger partial charge in [-0.25, -0.2) is 13.2 Å². The highest BCUT2D eigenvalue weighted by Gasteiger charge is 2.36. The Balaban J connectivity index is 4.92. The molecule has 2 N–H and O–H groups in total. The summed E-state index contributed by atoms with van der Waals surface area (Å²) >= 11 is 0. The summed E-state index contributed by atoms with van der Waals surface area (Å²) in [5.74, 6) is -1.96. The van der Waals surface area contributed by atoms with Crippen LogP contribution in [0, 0.1) is 0 Å². The Kier molecular flexibility index (Phi) is 5.12. The van der Waals surface area contributed by atoms with Gasteiger partial charge in [-0.3, -0.25) is 4.79 Å². The van der Waals surface area contributed by atoms with E-state index in [9.17, 15) is 18.0 Å². The summed E-state index contributed by atoms with van der Waals surface area (Å²) in [6, 6.07) is 0. The second kappa shape index (κ2) is 5.48. The Morgan fingerprint density at radius 2 is 1.88 bits per heavy atom. The first kappa shape index (κ1) is 15.9. The zero-order valence-electron chi connectivity index (χ0n) is 10.5. The second-order valence-electron chi connectivity index (χ2n) is 4.35. The number of carbonyl (C=O) groups is 2. The Morgan fingerprint density at radius 3 is 2.18 bits per heavy atom. The largest absolute Gasteiger partial charge is 0.480 e. The summed E-state index contributed by atoms with van der Waals surface area (Å²) in [6.45, 7) is 4.39. The maximum atomic E-state index is 11.6. The van der Waals surface area contributed by atoms with Gasteiger partial charge in [-0.05, 0) is 20.3 Å². The molecule has 0 aliphatic rings. The predicted molar refractivity (Wildman–Crippen MR) is 63.4 cm³/mol. The SMILES string of the molecule is CCCC(C)(NC(=O)C(C)S(C)(=O)=O)C(=O)O. The summed E-state index contributed by atoms with van der Waals surface area (Å²) in [5, 5.41) is 10.1. The van der Waals surface area contributed by atoms with E-state index in [2.05, 4.69) is 5.32 Å². The minimum absolute atomic E-state index is 0.241. The fourth-order valence-corrected chi connectivity index (χ4v) is 1.74. The van der Waals surface area contributed by atoms with Crippen molar-refractivity contribution in [3.63, 3.8) is 0 Å². The Bertz CT molecular complexity index is 403. The molecule has 0 saturated carbocycles. The Morgan fingerprint density at radius 1 is 1.41 bits per heavy atom. The quantitative estimate of drug-likeness (QED) is 0.713. The number of aliphatic carboxylic acids is 1. The molecular weight excluding hydrogens is 246 g/mol. The molecule has 0 bridgehead atoms. The highest BCUT2D eigenvalue weighted by atomic mass is 32.2. The number of carboxylic acids is 1. The third-order valence-corrected chi connectivity index (χ3v) is 4.13. The highest BCUT2D eigenvalue weighted by Crippen LogP contribution is 2.13. The molecule has 17 heavy (non-hydrogen) atoms. The number of carbonyl (C=O) groups excluding carboxylic acids is 1. The smallest absolute Gasteiger partial charge is 0.329 e. The first-order valence-electron chi connectivity index (χ1n) is 5.29. The molecule has 0 aromatic rings. The van der Waals surface area contributed by atoms with Gasteiger partial charge in [-0.1, -0.05) is 13.3 Å². The summed E-state index contributed by atoms with van der Waals surface area (Å²) in [5.41, 5.74) is -1.43. The number of sulfone groups is 1. The molecule has 0 heterocycles. The van der Waals surface area contributed by atoms with Crippen LogP contribution in [0.25, 0.3) is 0 Å². The van der Waals surface area contributed by atoms with E-state index < -0.39 is 32.5 Å². The molecule has 0 aliphatic heterocycles. The summed E-state index contributed by atoms with van der Waals surface area (Å²) in [6.07, 6.45) is 1.75. The average molecular weight is 265 g/mol. The van der Waals surface area contributed by atoms with E-state index in [1.807, 2.05) is 0 Å². The van der Waals surface area contributed by atoms with Crippen LogP contribution in [0.5, 0.6) is 0 Å². The van der Waals surface area contributed by atoms with Gasteiger partial charge in [0.05, 0.1) is 0 Å². The van der Waals surface area contributed by atoms with Crippen molar-refractivity contribution in [3.8, 4) is 0 Å². The topological polar surface area (TPSA) is 101 Å². The number of carboxylic acid groups (broad SMARTS) is 1. The van der Waals surface area contributed by atoms with Crippen LogP contribution >= 0.6 is 0 Å². The Labute approximate surface area is 101 Å². The molecule has 0 fully saturated rings. The monoisotopic (exact) mass is 265 g/mol. The third kappa shape index (κ3) is 4.33. The first-order chi connectivity index (χ1) is 7.54. The maximum absolute atomic E-state index is 11.6. The minimum Gasteiger partial charge on any atom is -0.480 e. The van der Waals surface area contributed by atoms with E-state index in [1.54, 1.807) is 6.92 Å². The van der Waals surface area contributed by atoms with Gasteiger partial charge in [0.2, 0.25) is 5.91 Å². The summed E-state index contributed by atoms with van der Waals surface area (Å²) in [7, 11) is -3.52. The molecule has 0 radical (unpaired) electrons. The van der Waals surface area contributed by atoms with Crippen molar-refractivity contribution in [2.75, 3.05) is 6.26 Å². The number of rotatable bonds is 6. The standard InChI is InChI=1S/C10H19NO5S/c1-5-6-10(3,9(13)14)11-8(12)7(2)17(4,15)16/h7H,5-6H2,1-4H3,(H,11,12)(H,13,14). The molecule has 0 aromatic carbocycles. The van der Waals surface area contributed by atoms with Crippen molar-refractivity contribution in [2.24, 2.45) is 0 Å². The van der Waals surface area contributed by atoms with Crippen LogP contribution in [0.15, 0.2) is 0 Å². The van der Waals surface area contributed by atoms with Crippen molar-refractivity contribution in [2.45, 2.75) is 44.4 Å². The maximum Gasteiger partial charge on any atom is 0.329 e. The predicted octanol–water partition coefficient (Wildman–Crippen LogP) is 0.179. The van der Waals surface area contributed by atoms with Gasteiger partial charge in [-0.15, -0.1) is 0 Å². The van der Waals surface area contributed by atoms with Gasteiger partial charge in [-0.2, -0.15) is 0 Å². The van der Waals surface area contributed by atoms with Crippen LogP contribution in [0.4, 0.5) is 0 Å². The molecular formula is C10H19NO5S. The molecule has 1 amide bonds. The zero-order chi connectivity index (χ0) is 13.9. The van der Waals surface area contributed by atoms with Crippen molar-refractivity contribution in [1.82, 2.24) is 5.32 Å². The molecule has 100 valence electrons. The van der Waals surface area contributed by atoms with Gasteiger partial charge >= 0.3 is 5.97 Å².